The molecule has 4 aliphatic rings. The van der Waals surface area contributed by atoms with Gasteiger partial charge in [-0.15, -0.1) is 0 Å². The number of morpholine rings is 1. The Kier molecular flexibility index (Phi) is 6.93. The maximum atomic E-state index is 13.9. The molecule has 1 aliphatic carbocycles. The van der Waals surface area contributed by atoms with Crippen LogP contribution in [-0.4, -0.2) is 77.1 Å². The number of carbonyl (C=O) groups excluding carboxylic acids is 2. The third kappa shape index (κ3) is 5.40. The SMILES string of the molecule is CC(=O)N1CCCC(C(=O)N(Cc2cc(-c3cn4c(n3)CCC4)ccc2N2CCOCC2)CC2CC2)C1. The molecule has 0 N–H and O–H groups in total. The molecule has 3 fully saturated rings. The van der Waals surface area contributed by atoms with E-state index in [0.717, 1.165) is 76.5 Å². The summed E-state index contributed by atoms with van der Waals surface area (Å²) < 4.78 is 7.90. The molecular weight excluding hydrogens is 466 g/mol. The van der Waals surface area contributed by atoms with E-state index < -0.39 is 0 Å². The van der Waals surface area contributed by atoms with Crippen LogP contribution in [0.4, 0.5) is 5.69 Å². The number of hydrogen-bond acceptors (Lipinski definition) is 5. The van der Waals surface area contributed by atoms with E-state index in [1.165, 1.54) is 36.3 Å². The first kappa shape index (κ1) is 24.5. The Bertz CT molecular complexity index is 1130. The normalized spacial score (nSPS) is 21.7. The Hall–Kier alpha value is -2.87. The highest BCUT2D eigenvalue weighted by atomic mass is 16.5. The summed E-state index contributed by atoms with van der Waals surface area (Å²) in [6, 6.07) is 6.67. The second-order valence-electron chi connectivity index (χ2n) is 11.2. The zero-order valence-electron chi connectivity index (χ0n) is 22.0. The zero-order valence-corrected chi connectivity index (χ0v) is 22.0. The predicted molar refractivity (Wildman–Crippen MR) is 142 cm³/mol. The van der Waals surface area contributed by atoms with E-state index in [1.54, 1.807) is 6.92 Å². The summed E-state index contributed by atoms with van der Waals surface area (Å²) in [6.07, 6.45) is 8.55. The molecular formula is C29H39N5O3. The summed E-state index contributed by atoms with van der Waals surface area (Å²) >= 11 is 0. The largest absolute Gasteiger partial charge is 0.378 e. The van der Waals surface area contributed by atoms with Crippen LogP contribution in [0, 0.1) is 11.8 Å². The Morgan fingerprint density at radius 2 is 1.92 bits per heavy atom. The van der Waals surface area contributed by atoms with Crippen LogP contribution in [0.25, 0.3) is 11.3 Å². The minimum absolute atomic E-state index is 0.0699. The number of carbonyl (C=O) groups is 2. The first-order valence-electron chi connectivity index (χ1n) is 14.1. The van der Waals surface area contributed by atoms with Crippen molar-refractivity contribution in [2.75, 3.05) is 50.8 Å². The smallest absolute Gasteiger partial charge is 0.227 e. The van der Waals surface area contributed by atoms with Crippen molar-refractivity contribution >= 4 is 17.5 Å². The Labute approximate surface area is 219 Å². The lowest BCUT2D eigenvalue weighted by Crippen LogP contribution is -2.46. The second-order valence-corrected chi connectivity index (χ2v) is 11.2. The molecule has 3 aliphatic heterocycles. The third-order valence-electron chi connectivity index (χ3n) is 8.45. The molecule has 1 unspecified atom stereocenters. The van der Waals surface area contributed by atoms with Crippen molar-refractivity contribution in [2.45, 2.75) is 58.5 Å². The van der Waals surface area contributed by atoms with E-state index in [-0.39, 0.29) is 17.7 Å². The number of ether oxygens (including phenoxy) is 1. The van der Waals surface area contributed by atoms with Crippen molar-refractivity contribution < 1.29 is 14.3 Å². The van der Waals surface area contributed by atoms with Gasteiger partial charge in [-0.05, 0) is 55.7 Å². The monoisotopic (exact) mass is 505 g/mol. The fourth-order valence-electron chi connectivity index (χ4n) is 6.15. The maximum Gasteiger partial charge on any atom is 0.227 e. The van der Waals surface area contributed by atoms with Gasteiger partial charge in [0.1, 0.15) is 5.82 Å². The van der Waals surface area contributed by atoms with Gasteiger partial charge in [-0.25, -0.2) is 4.98 Å². The van der Waals surface area contributed by atoms with Crippen molar-refractivity contribution in [3.05, 3.63) is 35.8 Å². The number of hydrogen-bond donors (Lipinski definition) is 0. The van der Waals surface area contributed by atoms with Crippen LogP contribution in [0.3, 0.4) is 0 Å². The first-order valence-corrected chi connectivity index (χ1v) is 14.1. The van der Waals surface area contributed by atoms with Gasteiger partial charge in [-0.2, -0.15) is 0 Å². The third-order valence-corrected chi connectivity index (χ3v) is 8.45. The number of likely N-dealkylation sites (tertiary alicyclic amines) is 1. The van der Waals surface area contributed by atoms with Gasteiger partial charge in [0.15, 0.2) is 0 Å². The van der Waals surface area contributed by atoms with Crippen LogP contribution in [0.5, 0.6) is 0 Å². The van der Waals surface area contributed by atoms with Gasteiger partial charge < -0.3 is 24.0 Å². The van der Waals surface area contributed by atoms with E-state index in [9.17, 15) is 9.59 Å². The molecule has 1 aromatic heterocycles. The Morgan fingerprint density at radius 3 is 2.68 bits per heavy atom. The number of nitrogens with zero attached hydrogens (tertiary/aromatic N) is 5. The number of benzene rings is 1. The molecule has 8 nitrogen and oxygen atoms in total. The number of fused-ring (bicyclic) bond motifs is 1. The number of rotatable bonds is 7. The lowest BCUT2D eigenvalue weighted by molar-refractivity contribution is -0.140. The molecule has 4 heterocycles. The average molecular weight is 506 g/mol. The van der Waals surface area contributed by atoms with Gasteiger partial charge in [-0.1, -0.05) is 6.07 Å². The number of amides is 2. The molecule has 6 rings (SSSR count). The molecule has 2 aromatic rings. The number of piperidine rings is 1. The molecule has 2 amide bonds. The minimum atomic E-state index is -0.109. The summed E-state index contributed by atoms with van der Waals surface area (Å²) in [5, 5.41) is 0. The van der Waals surface area contributed by atoms with E-state index in [2.05, 4.69) is 38.8 Å². The predicted octanol–water partition coefficient (Wildman–Crippen LogP) is 3.33. The van der Waals surface area contributed by atoms with Gasteiger partial charge in [-0.3, -0.25) is 9.59 Å². The Morgan fingerprint density at radius 1 is 1.08 bits per heavy atom. The van der Waals surface area contributed by atoms with Crippen LogP contribution < -0.4 is 4.90 Å². The number of imidazole rings is 1. The number of anilines is 1. The average Bonchev–Trinajstić information content (AvgIpc) is 3.48. The molecule has 0 spiro atoms. The summed E-state index contributed by atoms with van der Waals surface area (Å²) in [6.45, 7) is 8.54. The van der Waals surface area contributed by atoms with E-state index in [0.29, 0.717) is 19.0 Å². The standard InChI is InChI=1S/C29H39N5O3/c1-21(35)32-10-2-4-24(18-32)29(36)34(17-22-6-7-22)19-25-16-23(26-20-33-11-3-5-28(33)30-26)8-9-27(25)31-12-14-37-15-13-31/h8-9,16,20,22,24H,2-7,10-15,17-19H2,1H3. The molecule has 2 saturated heterocycles. The highest BCUT2D eigenvalue weighted by molar-refractivity contribution is 5.81. The van der Waals surface area contributed by atoms with E-state index >= 15 is 0 Å². The van der Waals surface area contributed by atoms with Crippen LogP contribution in [0.1, 0.15) is 50.4 Å². The van der Waals surface area contributed by atoms with Crippen molar-refractivity contribution in [1.29, 1.82) is 0 Å². The highest BCUT2D eigenvalue weighted by Crippen LogP contribution is 2.34. The maximum absolute atomic E-state index is 13.9. The highest BCUT2D eigenvalue weighted by Gasteiger charge is 2.34. The van der Waals surface area contributed by atoms with Crippen LogP contribution >= 0.6 is 0 Å². The van der Waals surface area contributed by atoms with E-state index in [4.69, 9.17) is 9.72 Å². The van der Waals surface area contributed by atoms with Crippen molar-refractivity contribution in [3.8, 4) is 11.3 Å². The number of aryl methyl sites for hydroxylation is 2. The van der Waals surface area contributed by atoms with Gasteiger partial charge in [0.2, 0.25) is 11.8 Å². The van der Waals surface area contributed by atoms with Crippen molar-refractivity contribution in [3.63, 3.8) is 0 Å². The van der Waals surface area contributed by atoms with Crippen molar-refractivity contribution in [1.82, 2.24) is 19.4 Å². The summed E-state index contributed by atoms with van der Waals surface area (Å²) in [4.78, 5) is 37.2. The lowest BCUT2D eigenvalue weighted by atomic mass is 9.95. The van der Waals surface area contributed by atoms with Gasteiger partial charge in [0.05, 0.1) is 24.8 Å². The van der Waals surface area contributed by atoms with Crippen LogP contribution in [0.2, 0.25) is 0 Å². The fourth-order valence-corrected chi connectivity index (χ4v) is 6.15. The minimum Gasteiger partial charge on any atom is -0.378 e. The quantitative estimate of drug-likeness (QED) is 0.577. The molecule has 37 heavy (non-hydrogen) atoms. The van der Waals surface area contributed by atoms with Gasteiger partial charge >= 0.3 is 0 Å². The molecule has 198 valence electrons. The van der Waals surface area contributed by atoms with E-state index in [1.807, 2.05) is 4.90 Å². The van der Waals surface area contributed by atoms with Gasteiger partial charge in [0.25, 0.3) is 0 Å². The molecule has 1 atom stereocenters. The topological polar surface area (TPSA) is 70.9 Å². The first-order chi connectivity index (χ1) is 18.0. The molecule has 1 saturated carbocycles. The zero-order chi connectivity index (χ0) is 25.4. The Balaban J connectivity index is 1.30. The summed E-state index contributed by atoms with van der Waals surface area (Å²) in [5.74, 6) is 1.94. The van der Waals surface area contributed by atoms with Crippen molar-refractivity contribution in [2.24, 2.45) is 11.8 Å². The van der Waals surface area contributed by atoms with Crippen LogP contribution in [-0.2, 0) is 33.8 Å². The van der Waals surface area contributed by atoms with Crippen LogP contribution in [0.15, 0.2) is 24.4 Å². The molecule has 0 radical (unpaired) electrons. The molecule has 0 bridgehead atoms. The fraction of sp³-hybridized carbons (Fsp3) is 0.621. The molecule has 8 heteroatoms. The summed E-state index contributed by atoms with van der Waals surface area (Å²) in [5.41, 5.74) is 4.52. The molecule has 1 aromatic carbocycles. The number of aromatic nitrogens is 2. The second kappa shape index (κ2) is 10.5. The summed E-state index contributed by atoms with van der Waals surface area (Å²) in [7, 11) is 0. The lowest BCUT2D eigenvalue weighted by Gasteiger charge is -2.36. The van der Waals surface area contributed by atoms with Gasteiger partial charge in [0, 0.05) is 76.6 Å².